The number of fused-ring (bicyclic) bond motifs is 1. The summed E-state index contributed by atoms with van der Waals surface area (Å²) in [4.78, 5) is 19.0. The Balaban J connectivity index is 1.49. The number of benzene rings is 1. The molecule has 2 saturated heterocycles. The van der Waals surface area contributed by atoms with Gasteiger partial charge in [0, 0.05) is 29.1 Å². The maximum atomic E-state index is 12.6. The van der Waals surface area contributed by atoms with Crippen LogP contribution in [0.3, 0.4) is 0 Å². The van der Waals surface area contributed by atoms with E-state index in [0.29, 0.717) is 16.7 Å². The number of halogens is 1. The monoisotopic (exact) mass is 443 g/mol. The molecule has 1 aromatic rings. The molecule has 0 bridgehead atoms. The second-order valence-electron chi connectivity index (χ2n) is 7.22. The number of nitrogens with zero attached hydrogens (tertiary/aromatic N) is 2. The average molecular weight is 444 g/mol. The van der Waals surface area contributed by atoms with Crippen LogP contribution in [0.2, 0.25) is 5.02 Å². The summed E-state index contributed by atoms with van der Waals surface area (Å²) in [5, 5.41) is 4.07. The van der Waals surface area contributed by atoms with Crippen molar-refractivity contribution in [1.82, 2.24) is 5.32 Å². The average Bonchev–Trinajstić information content (AvgIpc) is 3.32. The van der Waals surface area contributed by atoms with Gasteiger partial charge in [0.25, 0.3) is 0 Å². The van der Waals surface area contributed by atoms with E-state index in [2.05, 4.69) is 10.3 Å². The number of aliphatic imine (C=N–C) groups is 1. The van der Waals surface area contributed by atoms with Gasteiger partial charge in [-0.15, -0.1) is 0 Å². The summed E-state index contributed by atoms with van der Waals surface area (Å²) < 4.78 is 29.2. The highest BCUT2D eigenvalue weighted by Crippen LogP contribution is 2.37. The van der Waals surface area contributed by atoms with Gasteiger partial charge >= 0.3 is 0 Å². The molecule has 3 atom stereocenters. The molecule has 3 unspecified atom stereocenters. The van der Waals surface area contributed by atoms with Gasteiger partial charge in [-0.25, -0.2) is 8.42 Å². The fraction of sp³-hybridized carbons (Fsp3) is 0.556. The van der Waals surface area contributed by atoms with Crippen LogP contribution in [0.1, 0.15) is 12.8 Å². The van der Waals surface area contributed by atoms with Crippen molar-refractivity contribution in [2.24, 2.45) is 4.99 Å². The minimum Gasteiger partial charge on any atom is -0.376 e. The maximum Gasteiger partial charge on any atom is 0.240 e. The Hall–Kier alpha value is -1.29. The largest absolute Gasteiger partial charge is 0.376 e. The lowest BCUT2D eigenvalue weighted by Crippen LogP contribution is -2.42. The molecular weight excluding hydrogens is 422 g/mol. The van der Waals surface area contributed by atoms with E-state index >= 15 is 0 Å². The number of hydrogen-bond acceptors (Lipinski definition) is 7. The molecule has 1 amide bonds. The maximum absolute atomic E-state index is 12.6. The summed E-state index contributed by atoms with van der Waals surface area (Å²) in [6.45, 7) is 1.32. The Morgan fingerprint density at radius 2 is 2.25 bits per heavy atom. The van der Waals surface area contributed by atoms with Gasteiger partial charge in [-0.3, -0.25) is 9.79 Å². The summed E-state index contributed by atoms with van der Waals surface area (Å²) in [6, 6.07) is 6.99. The highest BCUT2D eigenvalue weighted by atomic mass is 35.5. The van der Waals surface area contributed by atoms with E-state index in [-0.39, 0.29) is 41.4 Å². The van der Waals surface area contributed by atoms with Gasteiger partial charge in [0.15, 0.2) is 15.0 Å². The lowest BCUT2D eigenvalue weighted by molar-refractivity contribution is -0.120. The van der Waals surface area contributed by atoms with E-state index < -0.39 is 9.84 Å². The molecule has 10 heteroatoms. The highest BCUT2D eigenvalue weighted by molar-refractivity contribution is 8.15. The number of thioether (sulfide) groups is 1. The zero-order chi connectivity index (χ0) is 19.7. The predicted molar refractivity (Wildman–Crippen MR) is 112 cm³/mol. The van der Waals surface area contributed by atoms with E-state index in [1.807, 2.05) is 17.0 Å². The Labute approximate surface area is 173 Å². The van der Waals surface area contributed by atoms with Gasteiger partial charge in [0.2, 0.25) is 5.91 Å². The van der Waals surface area contributed by atoms with E-state index in [4.69, 9.17) is 16.3 Å². The highest BCUT2D eigenvalue weighted by Gasteiger charge is 2.44. The van der Waals surface area contributed by atoms with Crippen molar-refractivity contribution in [3.8, 4) is 0 Å². The number of hydrogen-bond donors (Lipinski definition) is 1. The summed E-state index contributed by atoms with van der Waals surface area (Å²) in [6.07, 6.45) is 2.05. The molecule has 0 radical (unpaired) electrons. The van der Waals surface area contributed by atoms with Crippen molar-refractivity contribution in [1.29, 1.82) is 0 Å². The number of carbonyl (C=O) groups is 1. The summed E-state index contributed by atoms with van der Waals surface area (Å²) in [5.74, 6) is 0.0654. The van der Waals surface area contributed by atoms with Crippen LogP contribution >= 0.6 is 23.4 Å². The van der Waals surface area contributed by atoms with Crippen LogP contribution in [-0.2, 0) is 19.4 Å². The third-order valence-electron chi connectivity index (χ3n) is 5.01. The molecule has 7 nitrogen and oxygen atoms in total. The molecule has 3 heterocycles. The van der Waals surface area contributed by atoms with Crippen LogP contribution in [-0.4, -0.2) is 68.1 Å². The topological polar surface area (TPSA) is 88.1 Å². The fourth-order valence-corrected chi connectivity index (χ4v) is 7.58. The molecule has 0 spiro atoms. The van der Waals surface area contributed by atoms with Crippen molar-refractivity contribution in [3.63, 3.8) is 0 Å². The first-order chi connectivity index (χ1) is 13.4. The molecule has 0 aromatic heterocycles. The molecule has 28 heavy (non-hydrogen) atoms. The van der Waals surface area contributed by atoms with Crippen LogP contribution in [0.15, 0.2) is 29.3 Å². The number of ether oxygens (including phenoxy) is 1. The second-order valence-corrected chi connectivity index (χ2v) is 11.0. The quantitative estimate of drug-likeness (QED) is 0.745. The predicted octanol–water partition coefficient (Wildman–Crippen LogP) is 1.71. The molecule has 0 saturated carbocycles. The van der Waals surface area contributed by atoms with Crippen LogP contribution in [0.25, 0.3) is 0 Å². The molecule has 152 valence electrons. The van der Waals surface area contributed by atoms with Gasteiger partial charge < -0.3 is 15.0 Å². The van der Waals surface area contributed by atoms with Gasteiger partial charge in [-0.1, -0.05) is 29.4 Å². The van der Waals surface area contributed by atoms with Crippen LogP contribution in [0.4, 0.5) is 5.69 Å². The number of amidine groups is 1. The normalized spacial score (nSPS) is 28.0. The smallest absolute Gasteiger partial charge is 0.240 e. The standard InChI is InChI=1S/C18H22ClN3O4S2/c19-12-3-1-4-13(7-12)22(9-17(23)20-8-14-5-2-6-26-14)18-21-15-10-28(24,25)11-16(15)27-18/h1,3-4,7,14-16H,2,5-6,8-11H2,(H,20,23). The zero-order valence-corrected chi connectivity index (χ0v) is 17.6. The molecule has 1 aromatic carbocycles. The van der Waals surface area contributed by atoms with Gasteiger partial charge in [0.05, 0.1) is 23.7 Å². The molecule has 3 aliphatic rings. The third kappa shape index (κ3) is 4.64. The minimum absolute atomic E-state index is 0.0722. The van der Waals surface area contributed by atoms with Crippen molar-refractivity contribution in [2.75, 3.05) is 36.1 Å². The fourth-order valence-electron chi connectivity index (χ4n) is 3.62. The van der Waals surface area contributed by atoms with Crippen molar-refractivity contribution >= 4 is 50.0 Å². The number of carbonyl (C=O) groups excluding carboxylic acids is 1. The Morgan fingerprint density at radius 1 is 1.39 bits per heavy atom. The first kappa shape index (κ1) is 20.0. The Morgan fingerprint density at radius 3 is 2.96 bits per heavy atom. The number of amides is 1. The number of sulfone groups is 1. The van der Waals surface area contributed by atoms with E-state index in [9.17, 15) is 13.2 Å². The third-order valence-corrected chi connectivity index (χ3v) is 8.49. The van der Waals surface area contributed by atoms with Gasteiger partial charge in [-0.2, -0.15) is 0 Å². The van der Waals surface area contributed by atoms with Crippen LogP contribution in [0, 0.1) is 0 Å². The number of anilines is 1. The molecule has 4 rings (SSSR count). The lowest BCUT2D eigenvalue weighted by Gasteiger charge is -2.24. The Kier molecular flexibility index (Phi) is 5.87. The van der Waals surface area contributed by atoms with Gasteiger partial charge in [-0.05, 0) is 31.0 Å². The lowest BCUT2D eigenvalue weighted by atomic mass is 10.2. The van der Waals surface area contributed by atoms with Crippen molar-refractivity contribution in [3.05, 3.63) is 29.3 Å². The molecule has 2 fully saturated rings. The molecule has 3 aliphatic heterocycles. The first-order valence-electron chi connectivity index (χ1n) is 9.26. The SMILES string of the molecule is O=C(CN(C1=NC2CS(=O)(=O)CC2S1)c1cccc(Cl)c1)NCC1CCCO1. The number of rotatable bonds is 5. The molecule has 0 aliphatic carbocycles. The van der Waals surface area contributed by atoms with Crippen molar-refractivity contribution in [2.45, 2.75) is 30.2 Å². The Bertz CT molecular complexity index is 887. The first-order valence-corrected chi connectivity index (χ1v) is 12.3. The van der Waals surface area contributed by atoms with E-state index in [0.717, 1.165) is 25.1 Å². The van der Waals surface area contributed by atoms with Gasteiger partial charge in [0.1, 0.15) is 6.54 Å². The van der Waals surface area contributed by atoms with E-state index in [1.165, 1.54) is 11.8 Å². The van der Waals surface area contributed by atoms with Crippen LogP contribution in [0.5, 0.6) is 0 Å². The second kappa shape index (κ2) is 8.22. The minimum atomic E-state index is -3.03. The summed E-state index contributed by atoms with van der Waals surface area (Å²) in [7, 11) is -3.03. The summed E-state index contributed by atoms with van der Waals surface area (Å²) in [5.41, 5.74) is 0.758. The number of nitrogens with one attached hydrogen (secondary N) is 1. The summed E-state index contributed by atoms with van der Waals surface area (Å²) >= 11 is 7.57. The van der Waals surface area contributed by atoms with E-state index in [1.54, 1.807) is 12.1 Å². The molecular formula is C18H22ClN3O4S2. The zero-order valence-electron chi connectivity index (χ0n) is 15.2. The molecule has 1 N–H and O–H groups in total. The van der Waals surface area contributed by atoms with Crippen molar-refractivity contribution < 1.29 is 17.9 Å². The van der Waals surface area contributed by atoms with Crippen LogP contribution < -0.4 is 10.2 Å².